The molecule has 0 bridgehead atoms. The van der Waals surface area contributed by atoms with Crippen LogP contribution in [0.25, 0.3) is 0 Å². The predicted octanol–water partition coefficient (Wildman–Crippen LogP) is 20.8. The Hall–Kier alpha value is -0.580. The first-order valence-corrected chi connectivity index (χ1v) is 30.2. The monoisotopic (exact) mass is 1000 g/mol. The van der Waals surface area contributed by atoms with Gasteiger partial charge in [-0.05, 0) is 194 Å². The van der Waals surface area contributed by atoms with Gasteiger partial charge in [-0.25, -0.2) is 0 Å². The first-order valence-electron chi connectivity index (χ1n) is 30.2. The third-order valence-corrected chi connectivity index (χ3v) is 19.7. The van der Waals surface area contributed by atoms with E-state index in [1.807, 2.05) is 21.3 Å². The van der Waals surface area contributed by atoms with Crippen molar-refractivity contribution < 1.29 is 18.9 Å². The minimum atomic E-state index is 0.429. The van der Waals surface area contributed by atoms with E-state index >= 15 is 0 Å². The fourth-order valence-corrected chi connectivity index (χ4v) is 13.0. The fourth-order valence-electron chi connectivity index (χ4n) is 13.0. The van der Waals surface area contributed by atoms with E-state index in [-0.39, 0.29) is 0 Å². The molecule has 0 radical (unpaired) electrons. The van der Waals surface area contributed by atoms with Crippen LogP contribution in [0.3, 0.4) is 0 Å². The summed E-state index contributed by atoms with van der Waals surface area (Å²) in [5.41, 5.74) is 2.91. The number of ether oxygens (including phenoxy) is 4. The lowest BCUT2D eigenvalue weighted by Crippen LogP contribution is -2.39. The van der Waals surface area contributed by atoms with E-state index in [0.717, 1.165) is 71.5 Å². The molecule has 8 unspecified atom stereocenters. The molecule has 0 heterocycles. The van der Waals surface area contributed by atoms with E-state index in [4.69, 9.17) is 18.9 Å². The first kappa shape index (κ1) is 68.4. The molecule has 0 aromatic rings. The maximum Gasteiger partial charge on any atom is 0.0918 e. The first-order chi connectivity index (χ1) is 32.4. The van der Waals surface area contributed by atoms with Crippen LogP contribution in [0.15, 0.2) is 11.8 Å². The SMILES string of the molecule is CC1CCC[C@@H](C(C)(C)C)C1.CC1CC[C@H](C(C)(C)C)C1.COC1=CCC[C@@H](C(C)(C)C)C1.COC1CC[C@@H](C(C)(C)C)C1.COC1C[C@H](C(C)(C)C)CC(C)C1C.COC1C[C@H](C(C)(C)C)CCC1C. The topological polar surface area (TPSA) is 36.9 Å². The smallest absolute Gasteiger partial charge is 0.0918 e. The van der Waals surface area contributed by atoms with Gasteiger partial charge in [-0.3, -0.25) is 0 Å². The van der Waals surface area contributed by atoms with Gasteiger partial charge in [0.25, 0.3) is 0 Å². The summed E-state index contributed by atoms with van der Waals surface area (Å²) < 4.78 is 21.7. The van der Waals surface area contributed by atoms with Gasteiger partial charge in [0, 0.05) is 27.8 Å². The standard InChI is InChI=1S/C13H26O.C12H24O.C11H20O.C11H22.C10H20O.C10H20/c1-9-7-11(13(3,4)5)8-12(14-6)10(9)2;1-9-6-7-10(12(2,3)4)8-11(9)13-5;1-11(2,3)9-6-5-7-10(8-9)12-4;1-9-6-5-7-10(8-9)11(2,3)4;1-10(2,3)8-5-6-9(7-8)11-4;1-8-5-6-9(7-8)10(2,3)4/h9-12H,7-8H2,1-6H3;9-11H,6-8H2,1-5H3;7,9H,5-6,8H2,1-4H3;9-10H,5-8H2,1-4H3;8-9H,5-7H2,1-4H3;8-9H,5-7H2,1-4H3/t9?,10?,11-,12?;9?,10-,11?;9-;9?,10-;8-,9?;8?,9-/m111110/s1. The Balaban J connectivity index is 0.000000427. The molecule has 424 valence electrons. The molecule has 0 aromatic heterocycles. The van der Waals surface area contributed by atoms with Gasteiger partial charge in [0.2, 0.25) is 0 Å². The maximum absolute atomic E-state index is 5.60. The van der Waals surface area contributed by atoms with Crippen LogP contribution in [0.5, 0.6) is 0 Å². The molecule has 6 rings (SSSR count). The van der Waals surface area contributed by atoms with Crippen LogP contribution in [-0.4, -0.2) is 46.8 Å². The fraction of sp³-hybridized carbons (Fsp3) is 0.970. The number of hydrogen-bond donors (Lipinski definition) is 0. The van der Waals surface area contributed by atoms with Crippen molar-refractivity contribution in [2.75, 3.05) is 28.4 Å². The van der Waals surface area contributed by atoms with Crippen LogP contribution < -0.4 is 0 Å². The highest BCUT2D eigenvalue weighted by Crippen LogP contribution is 2.46. The lowest BCUT2D eigenvalue weighted by molar-refractivity contribution is -0.0361. The zero-order valence-electron chi connectivity index (χ0n) is 53.5. The number of rotatable bonds is 4. The summed E-state index contributed by atoms with van der Waals surface area (Å²) in [5.74, 6) is 10.7. The molecular weight excluding hydrogens is 869 g/mol. The maximum atomic E-state index is 5.60. The van der Waals surface area contributed by atoms with E-state index in [1.54, 1.807) is 7.11 Å². The second-order valence-electron chi connectivity index (χ2n) is 31.5. The third-order valence-electron chi connectivity index (χ3n) is 19.7. The van der Waals surface area contributed by atoms with Crippen molar-refractivity contribution in [3.05, 3.63) is 11.8 Å². The van der Waals surface area contributed by atoms with Crippen molar-refractivity contribution in [1.82, 2.24) is 0 Å². The average molecular weight is 1000 g/mol. The Kier molecular flexibility index (Phi) is 29.3. The Bertz CT molecular complexity index is 1420. The Morgan fingerprint density at radius 2 is 0.789 bits per heavy atom. The highest BCUT2D eigenvalue weighted by atomic mass is 16.5. The van der Waals surface area contributed by atoms with Crippen LogP contribution in [0.4, 0.5) is 0 Å². The van der Waals surface area contributed by atoms with Crippen LogP contribution >= 0.6 is 0 Å². The second kappa shape index (κ2) is 30.4. The molecular formula is C67H132O4. The van der Waals surface area contributed by atoms with E-state index in [9.17, 15) is 0 Å². The van der Waals surface area contributed by atoms with Crippen molar-refractivity contribution >= 4 is 0 Å². The summed E-state index contributed by atoms with van der Waals surface area (Å²) in [6.45, 7) is 54.1. The number of allylic oxidation sites excluding steroid dienone is 2. The molecule has 0 saturated heterocycles. The summed E-state index contributed by atoms with van der Waals surface area (Å²) in [4.78, 5) is 0. The zero-order chi connectivity index (χ0) is 54.9. The molecule has 5 saturated carbocycles. The summed E-state index contributed by atoms with van der Waals surface area (Å²) in [6.07, 6.45) is 28.1. The van der Waals surface area contributed by atoms with Crippen molar-refractivity contribution in [2.45, 2.75) is 293 Å². The Morgan fingerprint density at radius 1 is 0.366 bits per heavy atom. The molecule has 0 aromatic carbocycles. The van der Waals surface area contributed by atoms with Crippen LogP contribution in [0.2, 0.25) is 0 Å². The van der Waals surface area contributed by atoms with Crippen LogP contribution in [0.1, 0.15) is 275 Å². The highest BCUT2D eigenvalue weighted by Gasteiger charge is 2.39. The van der Waals surface area contributed by atoms with Gasteiger partial charge in [-0.2, -0.15) is 0 Å². The molecule has 5 fully saturated rings. The summed E-state index contributed by atoms with van der Waals surface area (Å²) in [6, 6.07) is 0. The van der Waals surface area contributed by atoms with Gasteiger partial charge >= 0.3 is 0 Å². The van der Waals surface area contributed by atoms with Crippen molar-refractivity contribution in [2.24, 2.45) is 97.6 Å². The molecule has 0 spiro atoms. The molecule has 6 aliphatic rings. The molecule has 0 N–H and O–H groups in total. The summed E-state index contributed by atoms with van der Waals surface area (Å²) in [7, 11) is 7.32. The molecule has 0 amide bonds. The molecule has 0 aliphatic heterocycles. The Labute approximate surface area is 448 Å². The zero-order valence-corrected chi connectivity index (χ0v) is 53.5. The van der Waals surface area contributed by atoms with Gasteiger partial charge in [0.1, 0.15) is 0 Å². The third kappa shape index (κ3) is 25.9. The van der Waals surface area contributed by atoms with E-state index in [2.05, 4.69) is 165 Å². The second-order valence-corrected chi connectivity index (χ2v) is 31.5. The van der Waals surface area contributed by atoms with Gasteiger partial charge in [0.15, 0.2) is 0 Å². The molecule has 4 nitrogen and oxygen atoms in total. The molecule has 71 heavy (non-hydrogen) atoms. The minimum Gasteiger partial charge on any atom is -0.501 e. The van der Waals surface area contributed by atoms with Crippen molar-refractivity contribution in [3.8, 4) is 0 Å². The van der Waals surface area contributed by atoms with Gasteiger partial charge in [-0.1, -0.05) is 179 Å². The molecule has 4 heteroatoms. The highest BCUT2D eigenvalue weighted by molar-refractivity contribution is 5.01. The predicted molar refractivity (Wildman–Crippen MR) is 314 cm³/mol. The van der Waals surface area contributed by atoms with Crippen molar-refractivity contribution in [1.29, 1.82) is 0 Å². The lowest BCUT2D eigenvalue weighted by Gasteiger charge is -2.43. The Morgan fingerprint density at radius 3 is 1.17 bits per heavy atom. The van der Waals surface area contributed by atoms with Gasteiger partial charge < -0.3 is 18.9 Å². The molecule has 6 aliphatic carbocycles. The van der Waals surface area contributed by atoms with E-state index < -0.39 is 0 Å². The van der Waals surface area contributed by atoms with Crippen LogP contribution in [-0.2, 0) is 18.9 Å². The minimum absolute atomic E-state index is 0.429. The number of hydrogen-bond acceptors (Lipinski definition) is 4. The average Bonchev–Trinajstić information content (AvgIpc) is 3.95. The van der Waals surface area contributed by atoms with E-state index in [1.165, 1.54) is 115 Å². The van der Waals surface area contributed by atoms with E-state index in [0.29, 0.717) is 50.8 Å². The molecule has 14 atom stereocenters. The largest absolute Gasteiger partial charge is 0.501 e. The number of methoxy groups -OCH3 is 4. The van der Waals surface area contributed by atoms with Crippen molar-refractivity contribution in [3.63, 3.8) is 0 Å². The quantitative estimate of drug-likeness (QED) is 0.281. The summed E-state index contributed by atoms with van der Waals surface area (Å²) >= 11 is 0. The van der Waals surface area contributed by atoms with Gasteiger partial charge in [-0.15, -0.1) is 0 Å². The van der Waals surface area contributed by atoms with Gasteiger partial charge in [0.05, 0.1) is 31.2 Å². The summed E-state index contributed by atoms with van der Waals surface area (Å²) in [5, 5.41) is 0. The normalized spacial score (nSPS) is 33.9. The lowest BCUT2D eigenvalue weighted by atomic mass is 9.65. The van der Waals surface area contributed by atoms with Crippen LogP contribution in [0, 0.1) is 97.6 Å².